The van der Waals surface area contributed by atoms with E-state index < -0.39 is 0 Å². The van der Waals surface area contributed by atoms with Crippen LogP contribution in [0, 0.1) is 0 Å². The van der Waals surface area contributed by atoms with Gasteiger partial charge in [0.05, 0.1) is 5.69 Å². The van der Waals surface area contributed by atoms with Crippen LogP contribution in [0.25, 0.3) is 0 Å². The van der Waals surface area contributed by atoms with Crippen LogP contribution in [0.5, 0.6) is 5.75 Å². The Kier molecular flexibility index (Phi) is 3.09. The Hall–Kier alpha value is -1.51. The van der Waals surface area contributed by atoms with E-state index in [-0.39, 0.29) is 12.5 Å². The second-order valence-corrected chi connectivity index (χ2v) is 5.09. The maximum absolute atomic E-state index is 11.4. The van der Waals surface area contributed by atoms with Gasteiger partial charge in [-0.05, 0) is 29.0 Å². The highest BCUT2D eigenvalue weighted by Crippen LogP contribution is 2.40. The molecule has 1 aromatic carbocycles. The smallest absolute Gasteiger partial charge is 0.262 e. The zero-order chi connectivity index (χ0) is 12.6. The average Bonchev–Trinajstić information content (AvgIpc) is 2.26. The number of ether oxygens (including phenoxy) is 1. The lowest BCUT2D eigenvalue weighted by atomic mass is 9.88. The summed E-state index contributed by atoms with van der Waals surface area (Å²) in [5.74, 6) is 1.53. The molecule has 0 bridgehead atoms. The van der Waals surface area contributed by atoms with Crippen molar-refractivity contribution >= 4 is 11.6 Å². The molecule has 0 fully saturated rings. The number of carbonyl (C=O) groups is 1. The van der Waals surface area contributed by atoms with Crippen LogP contribution >= 0.6 is 0 Å². The molecule has 0 aromatic heterocycles. The highest BCUT2D eigenvalue weighted by atomic mass is 16.5. The lowest BCUT2D eigenvalue weighted by Crippen LogP contribution is -2.27. The molecule has 1 aliphatic heterocycles. The van der Waals surface area contributed by atoms with Crippen LogP contribution in [0.3, 0.4) is 0 Å². The summed E-state index contributed by atoms with van der Waals surface area (Å²) in [6.07, 6.45) is 0. The first kappa shape index (κ1) is 12.0. The zero-order valence-electron chi connectivity index (χ0n) is 10.8. The lowest BCUT2D eigenvalue weighted by Gasteiger charge is -2.26. The van der Waals surface area contributed by atoms with E-state index in [1.165, 1.54) is 11.1 Å². The van der Waals surface area contributed by atoms with Gasteiger partial charge in [-0.2, -0.15) is 0 Å². The minimum absolute atomic E-state index is 0.0692. The predicted octanol–water partition coefficient (Wildman–Crippen LogP) is 3.26. The van der Waals surface area contributed by atoms with E-state index in [2.05, 4.69) is 39.1 Å². The van der Waals surface area contributed by atoms with Gasteiger partial charge >= 0.3 is 0 Å². The van der Waals surface area contributed by atoms with Crippen LogP contribution < -0.4 is 10.1 Å². The molecule has 1 N–H and O–H groups in total. The van der Waals surface area contributed by atoms with E-state index in [4.69, 9.17) is 4.74 Å². The standard InChI is InChI=1S/C14H19NO2/c1-8(2)10-5-6-11-14(13(10)9(3)4)15-12(16)7-17-11/h5-6,8-9H,7H2,1-4H3,(H,15,16). The molecule has 2 rings (SSSR count). The molecule has 0 spiro atoms. The first-order valence-electron chi connectivity index (χ1n) is 6.10. The van der Waals surface area contributed by atoms with Crippen molar-refractivity contribution in [2.45, 2.75) is 39.5 Å². The molecule has 0 atom stereocenters. The number of nitrogens with one attached hydrogen (secondary N) is 1. The summed E-state index contributed by atoms with van der Waals surface area (Å²) in [5.41, 5.74) is 3.34. The van der Waals surface area contributed by atoms with Gasteiger partial charge < -0.3 is 10.1 Å². The number of fused-ring (bicyclic) bond motifs is 1. The van der Waals surface area contributed by atoms with E-state index in [0.29, 0.717) is 11.8 Å². The summed E-state index contributed by atoms with van der Waals surface area (Å²) in [7, 11) is 0. The average molecular weight is 233 g/mol. The number of rotatable bonds is 2. The molecule has 1 heterocycles. The highest BCUT2D eigenvalue weighted by Gasteiger charge is 2.23. The monoisotopic (exact) mass is 233 g/mol. The van der Waals surface area contributed by atoms with Crippen LogP contribution in [0.4, 0.5) is 5.69 Å². The number of hydrogen-bond acceptors (Lipinski definition) is 2. The maximum atomic E-state index is 11.4. The Labute approximate surface area is 102 Å². The maximum Gasteiger partial charge on any atom is 0.262 e. The van der Waals surface area contributed by atoms with Crippen molar-refractivity contribution in [1.82, 2.24) is 0 Å². The summed E-state index contributed by atoms with van der Waals surface area (Å²) in [5, 5.41) is 2.94. The van der Waals surface area contributed by atoms with E-state index in [0.717, 1.165) is 11.4 Å². The first-order valence-corrected chi connectivity index (χ1v) is 6.10. The SMILES string of the molecule is CC(C)c1ccc2c(c1C(C)C)NC(=O)CO2. The molecule has 1 aromatic rings. The van der Waals surface area contributed by atoms with Gasteiger partial charge in [0.25, 0.3) is 5.91 Å². The molecule has 0 unspecified atom stereocenters. The van der Waals surface area contributed by atoms with Gasteiger partial charge in [-0.25, -0.2) is 0 Å². The molecule has 0 saturated carbocycles. The predicted molar refractivity (Wildman–Crippen MR) is 68.7 cm³/mol. The Balaban J connectivity index is 2.60. The molecule has 3 nitrogen and oxygen atoms in total. The van der Waals surface area contributed by atoms with Crippen molar-refractivity contribution in [2.24, 2.45) is 0 Å². The Bertz CT molecular complexity index is 450. The van der Waals surface area contributed by atoms with Crippen molar-refractivity contribution < 1.29 is 9.53 Å². The van der Waals surface area contributed by atoms with Crippen molar-refractivity contribution in [3.63, 3.8) is 0 Å². The molecule has 1 amide bonds. The fraction of sp³-hybridized carbons (Fsp3) is 0.500. The van der Waals surface area contributed by atoms with E-state index >= 15 is 0 Å². The van der Waals surface area contributed by atoms with E-state index in [1.807, 2.05) is 6.07 Å². The van der Waals surface area contributed by atoms with Gasteiger partial charge in [-0.15, -0.1) is 0 Å². The summed E-state index contributed by atoms with van der Waals surface area (Å²) >= 11 is 0. The van der Waals surface area contributed by atoms with Crippen molar-refractivity contribution in [3.05, 3.63) is 23.3 Å². The van der Waals surface area contributed by atoms with Crippen LogP contribution in [-0.4, -0.2) is 12.5 Å². The minimum Gasteiger partial charge on any atom is -0.482 e. The molecule has 17 heavy (non-hydrogen) atoms. The first-order chi connectivity index (χ1) is 8.00. The second-order valence-electron chi connectivity index (χ2n) is 5.09. The van der Waals surface area contributed by atoms with Gasteiger partial charge in [0.2, 0.25) is 0 Å². The second kappa shape index (κ2) is 4.40. The molecular weight excluding hydrogens is 214 g/mol. The summed E-state index contributed by atoms with van der Waals surface area (Å²) < 4.78 is 5.45. The lowest BCUT2D eigenvalue weighted by molar-refractivity contribution is -0.118. The third-order valence-corrected chi connectivity index (χ3v) is 3.06. The van der Waals surface area contributed by atoms with Gasteiger partial charge in [0.15, 0.2) is 6.61 Å². The molecule has 0 saturated heterocycles. The molecule has 0 radical (unpaired) electrons. The van der Waals surface area contributed by atoms with Gasteiger partial charge in [0, 0.05) is 0 Å². The summed E-state index contributed by atoms with van der Waals surface area (Å²) in [6.45, 7) is 8.73. The fourth-order valence-electron chi connectivity index (χ4n) is 2.31. The number of benzene rings is 1. The fourth-order valence-corrected chi connectivity index (χ4v) is 2.31. The van der Waals surface area contributed by atoms with Crippen LogP contribution in [0.1, 0.15) is 50.7 Å². The van der Waals surface area contributed by atoms with Gasteiger partial charge in [-0.1, -0.05) is 33.8 Å². The Morgan fingerprint density at radius 2 is 1.88 bits per heavy atom. The molecule has 1 aliphatic rings. The summed E-state index contributed by atoms with van der Waals surface area (Å²) in [4.78, 5) is 11.4. The van der Waals surface area contributed by atoms with Crippen LogP contribution in [0.2, 0.25) is 0 Å². The molecule has 92 valence electrons. The quantitative estimate of drug-likeness (QED) is 0.851. The van der Waals surface area contributed by atoms with Gasteiger partial charge in [-0.3, -0.25) is 4.79 Å². The van der Waals surface area contributed by atoms with Crippen LogP contribution in [-0.2, 0) is 4.79 Å². The third-order valence-electron chi connectivity index (χ3n) is 3.06. The Morgan fingerprint density at radius 3 is 2.47 bits per heavy atom. The van der Waals surface area contributed by atoms with E-state index in [1.54, 1.807) is 0 Å². The largest absolute Gasteiger partial charge is 0.482 e. The molecular formula is C14H19NO2. The van der Waals surface area contributed by atoms with Crippen molar-refractivity contribution in [3.8, 4) is 5.75 Å². The van der Waals surface area contributed by atoms with Crippen LogP contribution in [0.15, 0.2) is 12.1 Å². The third kappa shape index (κ3) is 2.14. The molecule has 3 heteroatoms. The topological polar surface area (TPSA) is 38.3 Å². The highest BCUT2D eigenvalue weighted by molar-refractivity contribution is 5.96. The normalized spacial score (nSPS) is 14.6. The Morgan fingerprint density at radius 1 is 1.18 bits per heavy atom. The summed E-state index contributed by atoms with van der Waals surface area (Å²) in [6, 6.07) is 4.06. The number of hydrogen-bond donors (Lipinski definition) is 1. The van der Waals surface area contributed by atoms with E-state index in [9.17, 15) is 4.79 Å². The number of amides is 1. The van der Waals surface area contributed by atoms with Crippen molar-refractivity contribution in [2.75, 3.05) is 11.9 Å². The number of carbonyl (C=O) groups excluding carboxylic acids is 1. The molecule has 0 aliphatic carbocycles. The van der Waals surface area contributed by atoms with Crippen molar-refractivity contribution in [1.29, 1.82) is 0 Å². The zero-order valence-corrected chi connectivity index (χ0v) is 10.8. The minimum atomic E-state index is -0.0692. The number of anilines is 1. The van der Waals surface area contributed by atoms with Gasteiger partial charge in [0.1, 0.15) is 5.75 Å².